The third kappa shape index (κ3) is 6.58. The lowest BCUT2D eigenvalue weighted by molar-refractivity contribution is 0.426. The second-order valence-electron chi connectivity index (χ2n) is 10.4. The molecule has 0 heterocycles. The first-order valence-corrected chi connectivity index (χ1v) is 14.9. The number of fused-ring (bicyclic) bond motifs is 6. The zero-order chi connectivity index (χ0) is 28.9. The highest BCUT2D eigenvalue weighted by Gasteiger charge is 2.21. The molecule has 0 bridgehead atoms. The Morgan fingerprint density at radius 1 is 0.442 bits per heavy atom. The van der Waals surface area contributed by atoms with Crippen LogP contribution in [-0.4, -0.2) is 17.2 Å². The lowest BCUT2D eigenvalue weighted by Gasteiger charge is -2.09. The van der Waals surface area contributed by atoms with Crippen LogP contribution in [0, 0.1) is 0 Å². The fraction of sp³-hybridized carbons (Fsp3) is 0.0769. The molecule has 2 N–H and O–H groups in total. The van der Waals surface area contributed by atoms with Gasteiger partial charge in [0.2, 0.25) is 0 Å². The molecule has 0 unspecified atom stereocenters. The Bertz CT molecular complexity index is 1820. The van der Waals surface area contributed by atoms with Gasteiger partial charge in [-0.15, -0.1) is 0 Å². The van der Waals surface area contributed by atoms with Gasteiger partial charge in [0.15, 0.2) is 0 Å². The van der Waals surface area contributed by atoms with Gasteiger partial charge in [0.25, 0.3) is 0 Å². The lowest BCUT2D eigenvalue weighted by atomic mass is 9.81. The maximum atomic E-state index is 8.58. The SMILES string of the molecule is Brc1cccc2c1-c1ccccc1C2.C.OB(O)c1ccccc1.c1ccc(-c2cccc3c2-c2ccccc2C3)cc1. The van der Waals surface area contributed by atoms with Crippen molar-refractivity contribution in [2.45, 2.75) is 20.3 Å². The van der Waals surface area contributed by atoms with E-state index in [2.05, 4.69) is 131 Å². The van der Waals surface area contributed by atoms with E-state index in [0.29, 0.717) is 5.46 Å². The van der Waals surface area contributed by atoms with Crippen molar-refractivity contribution in [3.8, 4) is 33.4 Å². The number of halogens is 1. The maximum absolute atomic E-state index is 8.58. The molecule has 6 aromatic rings. The minimum absolute atomic E-state index is 0. The van der Waals surface area contributed by atoms with E-state index in [1.54, 1.807) is 24.3 Å². The molecule has 2 aliphatic rings. The number of hydrogen-bond acceptors (Lipinski definition) is 2. The van der Waals surface area contributed by atoms with Crippen molar-refractivity contribution in [1.29, 1.82) is 0 Å². The highest BCUT2D eigenvalue weighted by Crippen LogP contribution is 2.43. The predicted molar refractivity (Wildman–Crippen MR) is 186 cm³/mol. The number of rotatable bonds is 2. The molecule has 8 rings (SSSR count). The third-order valence-corrected chi connectivity index (χ3v) is 8.43. The summed E-state index contributed by atoms with van der Waals surface area (Å²) in [5.74, 6) is 0. The first kappa shape index (κ1) is 30.2. The zero-order valence-electron chi connectivity index (χ0n) is 23.1. The summed E-state index contributed by atoms with van der Waals surface area (Å²) in [5, 5.41) is 17.2. The minimum Gasteiger partial charge on any atom is -0.423 e. The maximum Gasteiger partial charge on any atom is 0.488 e. The van der Waals surface area contributed by atoms with Crippen molar-refractivity contribution in [3.63, 3.8) is 0 Å². The molecule has 6 aromatic carbocycles. The molecule has 0 saturated carbocycles. The molecule has 0 radical (unpaired) electrons. The normalized spacial score (nSPS) is 11.2. The number of benzene rings is 6. The summed E-state index contributed by atoms with van der Waals surface area (Å²) in [7, 11) is -1.34. The Hall–Kier alpha value is -4.22. The summed E-state index contributed by atoms with van der Waals surface area (Å²) in [4.78, 5) is 0. The van der Waals surface area contributed by atoms with Gasteiger partial charge < -0.3 is 10.0 Å². The van der Waals surface area contributed by atoms with E-state index in [1.807, 2.05) is 6.07 Å². The van der Waals surface area contributed by atoms with E-state index in [4.69, 9.17) is 10.0 Å². The molecular formula is C39H34BBrO2. The fourth-order valence-electron chi connectivity index (χ4n) is 5.81. The minimum atomic E-state index is -1.34. The molecule has 43 heavy (non-hydrogen) atoms. The average Bonchev–Trinajstić information content (AvgIpc) is 3.62. The molecule has 0 saturated heterocycles. The molecule has 0 spiro atoms. The zero-order valence-corrected chi connectivity index (χ0v) is 24.7. The molecule has 0 aliphatic heterocycles. The Kier molecular flexibility index (Phi) is 9.73. The van der Waals surface area contributed by atoms with E-state index in [9.17, 15) is 0 Å². The standard InChI is InChI=1S/C19H14.C13H9Br.C6H7BO2.CH4/c1-2-7-14(8-3-1)17-12-6-10-16-13-15-9-4-5-11-18(15)19(16)17;14-12-7-3-5-10-8-9-4-1-2-6-11(9)13(10)12;8-7(9)6-4-2-1-3-5-6;/h1-12H,13H2;1-7H,8H2;1-5,8-9H;1H4. The topological polar surface area (TPSA) is 40.5 Å². The second-order valence-corrected chi connectivity index (χ2v) is 11.3. The Morgan fingerprint density at radius 2 is 0.884 bits per heavy atom. The van der Waals surface area contributed by atoms with E-state index in [1.165, 1.54) is 60.1 Å². The molecule has 0 aromatic heterocycles. The van der Waals surface area contributed by atoms with Crippen molar-refractivity contribution in [1.82, 2.24) is 0 Å². The Balaban J connectivity index is 0.000000136. The molecule has 2 aliphatic carbocycles. The van der Waals surface area contributed by atoms with Gasteiger partial charge in [-0.2, -0.15) is 0 Å². The molecule has 0 fully saturated rings. The van der Waals surface area contributed by atoms with Gasteiger partial charge in [-0.25, -0.2) is 0 Å². The fourth-order valence-corrected chi connectivity index (χ4v) is 6.43. The summed E-state index contributed by atoms with van der Waals surface area (Å²) >= 11 is 3.62. The molecule has 212 valence electrons. The lowest BCUT2D eigenvalue weighted by Crippen LogP contribution is -2.29. The molecule has 2 nitrogen and oxygen atoms in total. The first-order chi connectivity index (χ1) is 20.6. The van der Waals surface area contributed by atoms with Crippen LogP contribution in [0.25, 0.3) is 33.4 Å². The van der Waals surface area contributed by atoms with Crippen LogP contribution in [0.3, 0.4) is 0 Å². The first-order valence-electron chi connectivity index (χ1n) is 14.1. The van der Waals surface area contributed by atoms with Gasteiger partial charge in [-0.1, -0.05) is 163 Å². The smallest absolute Gasteiger partial charge is 0.423 e. The Morgan fingerprint density at radius 3 is 1.47 bits per heavy atom. The summed E-state index contributed by atoms with van der Waals surface area (Å²) in [6.07, 6.45) is 2.14. The van der Waals surface area contributed by atoms with Crippen LogP contribution < -0.4 is 5.46 Å². The van der Waals surface area contributed by atoms with Crippen molar-refractivity contribution in [2.24, 2.45) is 0 Å². The quantitative estimate of drug-likeness (QED) is 0.189. The van der Waals surface area contributed by atoms with Crippen LogP contribution >= 0.6 is 15.9 Å². The average molecular weight is 625 g/mol. The van der Waals surface area contributed by atoms with Gasteiger partial charge in [0.1, 0.15) is 0 Å². The van der Waals surface area contributed by atoms with Crippen LogP contribution in [0.1, 0.15) is 29.7 Å². The molecule has 0 amide bonds. The van der Waals surface area contributed by atoms with Crippen LogP contribution in [-0.2, 0) is 12.8 Å². The van der Waals surface area contributed by atoms with Crippen LogP contribution in [0.2, 0.25) is 0 Å². The highest BCUT2D eigenvalue weighted by atomic mass is 79.9. The van der Waals surface area contributed by atoms with Gasteiger partial charge in [0.05, 0.1) is 0 Å². The van der Waals surface area contributed by atoms with Crippen LogP contribution in [0.15, 0.2) is 150 Å². The van der Waals surface area contributed by atoms with E-state index >= 15 is 0 Å². The second kappa shape index (κ2) is 13.8. The van der Waals surface area contributed by atoms with Crippen molar-refractivity contribution in [2.75, 3.05) is 0 Å². The summed E-state index contributed by atoms with van der Waals surface area (Å²) in [6.45, 7) is 0. The molecule has 4 heteroatoms. The summed E-state index contributed by atoms with van der Waals surface area (Å²) < 4.78 is 1.21. The highest BCUT2D eigenvalue weighted by molar-refractivity contribution is 9.10. The van der Waals surface area contributed by atoms with Crippen molar-refractivity contribution >= 4 is 28.5 Å². The summed E-state index contributed by atoms with van der Waals surface area (Å²) in [6, 6.07) is 49.8. The van der Waals surface area contributed by atoms with Crippen molar-refractivity contribution in [3.05, 3.63) is 172 Å². The van der Waals surface area contributed by atoms with Gasteiger partial charge in [0, 0.05) is 4.47 Å². The van der Waals surface area contributed by atoms with Crippen LogP contribution in [0.4, 0.5) is 0 Å². The largest absolute Gasteiger partial charge is 0.488 e. The predicted octanol–water partition coefficient (Wildman–Crippen LogP) is 8.95. The number of hydrogen-bond donors (Lipinski definition) is 2. The van der Waals surface area contributed by atoms with Crippen molar-refractivity contribution < 1.29 is 10.0 Å². The molecular weight excluding hydrogens is 591 g/mol. The van der Waals surface area contributed by atoms with E-state index in [-0.39, 0.29) is 7.43 Å². The Labute approximate surface area is 263 Å². The van der Waals surface area contributed by atoms with E-state index in [0.717, 1.165) is 12.8 Å². The van der Waals surface area contributed by atoms with Gasteiger partial charge >= 0.3 is 7.12 Å². The van der Waals surface area contributed by atoms with Crippen LogP contribution in [0.5, 0.6) is 0 Å². The monoisotopic (exact) mass is 624 g/mol. The van der Waals surface area contributed by atoms with Gasteiger partial charge in [-0.05, 0) is 80.0 Å². The molecule has 0 atom stereocenters. The third-order valence-electron chi connectivity index (χ3n) is 7.77. The van der Waals surface area contributed by atoms with E-state index < -0.39 is 7.12 Å². The van der Waals surface area contributed by atoms with Gasteiger partial charge in [-0.3, -0.25) is 0 Å². The summed E-state index contributed by atoms with van der Waals surface area (Å²) in [5.41, 5.74) is 14.5.